The molecule has 0 heterocycles. The van der Waals surface area contributed by atoms with Gasteiger partial charge in [0.15, 0.2) is 0 Å². The van der Waals surface area contributed by atoms with Crippen LogP contribution in [0.15, 0.2) is 30.3 Å². The molecule has 4 nitrogen and oxygen atoms in total. The maximum absolute atomic E-state index is 11.7. The summed E-state index contributed by atoms with van der Waals surface area (Å²) in [7, 11) is 0. The van der Waals surface area contributed by atoms with E-state index in [1.54, 1.807) is 18.2 Å². The molecular weight excluding hydrogens is 296 g/mol. The summed E-state index contributed by atoms with van der Waals surface area (Å²) in [6.45, 7) is 5.65. The van der Waals surface area contributed by atoms with Crippen LogP contribution in [0.3, 0.4) is 0 Å². The van der Waals surface area contributed by atoms with Crippen molar-refractivity contribution in [3.05, 3.63) is 58.1 Å². The number of rotatable bonds is 3. The summed E-state index contributed by atoms with van der Waals surface area (Å²) in [5.41, 5.74) is 9.66. The number of benzene rings is 2. The molecule has 2 aromatic rings. The van der Waals surface area contributed by atoms with Gasteiger partial charge in [-0.25, -0.2) is 0 Å². The van der Waals surface area contributed by atoms with E-state index in [0.29, 0.717) is 21.8 Å². The number of phenolic OH excluding ortho intramolecular Hbond substituents is 1. The van der Waals surface area contributed by atoms with Gasteiger partial charge in [0, 0.05) is 11.1 Å². The number of nitrogens with one attached hydrogen (secondary N) is 1. The average Bonchev–Trinajstić information content (AvgIpc) is 2.40. The van der Waals surface area contributed by atoms with E-state index in [4.69, 9.17) is 18.0 Å². The molecule has 5 heteroatoms. The summed E-state index contributed by atoms with van der Waals surface area (Å²) in [5.74, 6) is -0.424. The Bertz CT molecular complexity index is 769. The largest absolute Gasteiger partial charge is 0.506 e. The highest BCUT2D eigenvalue weighted by Gasteiger charge is 2.16. The van der Waals surface area contributed by atoms with E-state index in [9.17, 15) is 9.90 Å². The topological polar surface area (TPSA) is 75.3 Å². The summed E-state index contributed by atoms with van der Waals surface area (Å²) in [6.07, 6.45) is 0. The number of amides is 1. The molecule has 0 radical (unpaired) electrons. The van der Waals surface area contributed by atoms with E-state index >= 15 is 0 Å². The van der Waals surface area contributed by atoms with Crippen LogP contribution in [0, 0.1) is 20.8 Å². The van der Waals surface area contributed by atoms with Gasteiger partial charge in [0.1, 0.15) is 10.7 Å². The van der Waals surface area contributed by atoms with Gasteiger partial charge in [-0.15, -0.1) is 0 Å². The number of carbonyl (C=O) groups is 1. The van der Waals surface area contributed by atoms with Crippen LogP contribution in [-0.4, -0.2) is 16.0 Å². The molecule has 0 aliphatic carbocycles. The van der Waals surface area contributed by atoms with Crippen LogP contribution in [0.1, 0.15) is 32.6 Å². The van der Waals surface area contributed by atoms with Crippen molar-refractivity contribution in [1.29, 1.82) is 0 Å². The van der Waals surface area contributed by atoms with Crippen LogP contribution in [0.4, 0.5) is 5.69 Å². The summed E-state index contributed by atoms with van der Waals surface area (Å²) < 4.78 is 0. The minimum Gasteiger partial charge on any atom is -0.506 e. The number of anilines is 1. The maximum atomic E-state index is 11.7. The zero-order valence-corrected chi connectivity index (χ0v) is 13.5. The molecule has 0 aliphatic rings. The molecule has 4 N–H and O–H groups in total. The Morgan fingerprint density at radius 1 is 1.14 bits per heavy atom. The molecule has 0 unspecified atom stereocenters. The molecule has 0 bridgehead atoms. The van der Waals surface area contributed by atoms with Gasteiger partial charge in [0.2, 0.25) is 5.91 Å². The Hall–Kier alpha value is -2.40. The fourth-order valence-corrected chi connectivity index (χ4v) is 2.78. The summed E-state index contributed by atoms with van der Waals surface area (Å²) in [5, 5.41) is 12.9. The number of phenols is 1. The lowest BCUT2D eigenvalue weighted by molar-refractivity contribution is 0.1000. The van der Waals surface area contributed by atoms with Crippen LogP contribution in [0.25, 0.3) is 0 Å². The quantitative estimate of drug-likeness (QED) is 0.601. The van der Waals surface area contributed by atoms with Crippen molar-refractivity contribution in [1.82, 2.24) is 0 Å². The zero-order chi connectivity index (χ0) is 16.4. The van der Waals surface area contributed by atoms with E-state index in [0.717, 1.165) is 16.7 Å². The molecule has 0 spiro atoms. The Morgan fingerprint density at radius 2 is 1.82 bits per heavy atom. The molecule has 0 aliphatic heterocycles. The van der Waals surface area contributed by atoms with E-state index in [2.05, 4.69) is 5.32 Å². The van der Waals surface area contributed by atoms with Crippen LogP contribution in [0.2, 0.25) is 0 Å². The van der Waals surface area contributed by atoms with Gasteiger partial charge in [-0.1, -0.05) is 29.9 Å². The van der Waals surface area contributed by atoms with Crippen LogP contribution in [-0.2, 0) is 0 Å². The molecule has 0 saturated carbocycles. The van der Waals surface area contributed by atoms with Gasteiger partial charge in [0.25, 0.3) is 0 Å². The van der Waals surface area contributed by atoms with Gasteiger partial charge in [-0.3, -0.25) is 4.79 Å². The maximum Gasteiger partial charge on any atom is 0.249 e. The predicted molar refractivity (Wildman–Crippen MR) is 92.6 cm³/mol. The number of nitrogens with two attached hydrogens (primary N) is 1. The molecule has 0 aromatic heterocycles. The molecule has 0 atom stereocenters. The molecule has 0 saturated heterocycles. The lowest BCUT2D eigenvalue weighted by Gasteiger charge is -2.15. The first kappa shape index (κ1) is 16.0. The SMILES string of the molecule is Cc1ccc(NC(=S)c2c(C)cc(C)cc2C(N)=O)c(O)c1. The van der Waals surface area contributed by atoms with E-state index in [-0.39, 0.29) is 5.75 Å². The lowest BCUT2D eigenvalue weighted by atomic mass is 9.98. The summed E-state index contributed by atoms with van der Waals surface area (Å²) in [6, 6.07) is 8.90. The van der Waals surface area contributed by atoms with Crippen molar-refractivity contribution >= 4 is 28.8 Å². The van der Waals surface area contributed by atoms with E-state index in [1.165, 1.54) is 0 Å². The lowest BCUT2D eigenvalue weighted by Crippen LogP contribution is -2.21. The number of thiocarbonyl (C=S) groups is 1. The Labute approximate surface area is 135 Å². The molecule has 22 heavy (non-hydrogen) atoms. The highest BCUT2D eigenvalue weighted by molar-refractivity contribution is 7.81. The first-order valence-corrected chi connectivity index (χ1v) is 7.22. The first-order chi connectivity index (χ1) is 10.3. The Morgan fingerprint density at radius 3 is 2.41 bits per heavy atom. The molecule has 2 aromatic carbocycles. The first-order valence-electron chi connectivity index (χ1n) is 6.81. The number of hydrogen-bond acceptors (Lipinski definition) is 3. The van der Waals surface area contributed by atoms with Gasteiger partial charge in [0.05, 0.1) is 5.69 Å². The molecule has 1 amide bonds. The molecule has 2 rings (SSSR count). The van der Waals surface area contributed by atoms with Crippen molar-refractivity contribution in [2.24, 2.45) is 5.73 Å². The minimum absolute atomic E-state index is 0.104. The zero-order valence-electron chi connectivity index (χ0n) is 12.7. The van der Waals surface area contributed by atoms with Gasteiger partial charge in [-0.05, 0) is 50.1 Å². The van der Waals surface area contributed by atoms with E-state index in [1.807, 2.05) is 32.9 Å². The number of aryl methyl sites for hydroxylation is 3. The van der Waals surface area contributed by atoms with Crippen molar-refractivity contribution in [3.63, 3.8) is 0 Å². The second-order valence-electron chi connectivity index (χ2n) is 5.34. The van der Waals surface area contributed by atoms with Crippen molar-refractivity contribution in [3.8, 4) is 5.75 Å². The summed E-state index contributed by atoms with van der Waals surface area (Å²) >= 11 is 5.40. The van der Waals surface area contributed by atoms with Gasteiger partial charge >= 0.3 is 0 Å². The Kier molecular flexibility index (Phi) is 4.47. The molecule has 114 valence electrons. The number of primary amides is 1. The third kappa shape index (κ3) is 3.26. The van der Waals surface area contributed by atoms with E-state index < -0.39 is 5.91 Å². The summed E-state index contributed by atoms with van der Waals surface area (Å²) in [4.78, 5) is 12.0. The van der Waals surface area contributed by atoms with Crippen LogP contribution in [0.5, 0.6) is 5.75 Å². The fraction of sp³-hybridized carbons (Fsp3) is 0.176. The monoisotopic (exact) mass is 314 g/mol. The van der Waals surface area contributed by atoms with Crippen molar-refractivity contribution in [2.45, 2.75) is 20.8 Å². The molecule has 0 fully saturated rings. The van der Waals surface area contributed by atoms with Crippen LogP contribution >= 0.6 is 12.2 Å². The highest BCUT2D eigenvalue weighted by atomic mass is 32.1. The smallest absolute Gasteiger partial charge is 0.249 e. The van der Waals surface area contributed by atoms with Gasteiger partial charge < -0.3 is 16.2 Å². The third-order valence-electron chi connectivity index (χ3n) is 3.37. The number of hydrogen-bond donors (Lipinski definition) is 3. The predicted octanol–water partition coefficient (Wildman–Crippen LogP) is 3.20. The van der Waals surface area contributed by atoms with Crippen molar-refractivity contribution < 1.29 is 9.90 Å². The van der Waals surface area contributed by atoms with Crippen molar-refractivity contribution in [2.75, 3.05) is 5.32 Å². The normalized spacial score (nSPS) is 10.3. The average molecular weight is 314 g/mol. The Balaban J connectivity index is 2.43. The third-order valence-corrected chi connectivity index (χ3v) is 3.68. The van der Waals surface area contributed by atoms with Gasteiger partial charge in [-0.2, -0.15) is 0 Å². The van der Waals surface area contributed by atoms with Crippen LogP contribution < -0.4 is 11.1 Å². The minimum atomic E-state index is -0.529. The fourth-order valence-electron chi connectivity index (χ4n) is 2.40. The highest BCUT2D eigenvalue weighted by Crippen LogP contribution is 2.26. The standard InChI is InChI=1S/C17H18N2O2S/c1-9-4-5-13(14(20)8-9)19-17(22)15-11(3)6-10(2)7-12(15)16(18)21/h4-8,20H,1-3H3,(H2,18,21)(H,19,22). The number of aromatic hydroxyl groups is 1. The second kappa shape index (κ2) is 6.15. The molecular formula is C17H18N2O2S. The second-order valence-corrected chi connectivity index (χ2v) is 5.75. The number of carbonyl (C=O) groups excluding carboxylic acids is 1.